The summed E-state index contributed by atoms with van der Waals surface area (Å²) in [5.41, 5.74) is 6.91. The highest BCUT2D eigenvalue weighted by atomic mass is 32.1. The fraction of sp³-hybridized carbons (Fsp3) is 0.700. The second-order valence-electron chi connectivity index (χ2n) is 3.92. The van der Waals surface area contributed by atoms with Crippen LogP contribution in [0.1, 0.15) is 12.5 Å². The van der Waals surface area contributed by atoms with E-state index in [1.165, 1.54) is 16.5 Å². The van der Waals surface area contributed by atoms with Crippen LogP contribution >= 0.6 is 11.5 Å². The van der Waals surface area contributed by atoms with Gasteiger partial charge < -0.3 is 15.5 Å². The molecule has 0 saturated carbocycles. The van der Waals surface area contributed by atoms with Crippen LogP contribution in [-0.4, -0.2) is 42.0 Å². The summed E-state index contributed by atoms with van der Waals surface area (Å²) in [7, 11) is 0. The van der Waals surface area contributed by atoms with E-state index in [0.717, 1.165) is 38.3 Å². The van der Waals surface area contributed by atoms with Crippen LogP contribution in [0.25, 0.3) is 0 Å². The minimum Gasteiger partial charge on any atom is -0.383 e. The third-order valence-corrected chi connectivity index (χ3v) is 4.07. The van der Waals surface area contributed by atoms with Crippen LogP contribution in [0, 0.1) is 6.92 Å². The number of aromatic nitrogens is 1. The Bertz CT molecular complexity index is 328. The molecule has 0 aromatic carbocycles. The highest BCUT2D eigenvalue weighted by Gasteiger charge is 2.19. The van der Waals surface area contributed by atoms with Gasteiger partial charge in [0.25, 0.3) is 0 Å². The van der Waals surface area contributed by atoms with Gasteiger partial charge in [-0.25, -0.2) is 0 Å². The molecule has 1 aliphatic heterocycles. The van der Waals surface area contributed by atoms with Crippen molar-refractivity contribution < 1.29 is 0 Å². The molecule has 2 rings (SSSR count). The maximum Gasteiger partial charge on any atom is 0.142 e. The van der Waals surface area contributed by atoms with Crippen molar-refractivity contribution in [2.45, 2.75) is 13.8 Å². The number of hydrogen-bond acceptors (Lipinski definition) is 5. The average molecular weight is 226 g/mol. The van der Waals surface area contributed by atoms with Crippen LogP contribution in [0.5, 0.6) is 0 Å². The largest absolute Gasteiger partial charge is 0.383 e. The van der Waals surface area contributed by atoms with E-state index in [1.54, 1.807) is 0 Å². The van der Waals surface area contributed by atoms with E-state index in [2.05, 4.69) is 28.0 Å². The van der Waals surface area contributed by atoms with Crippen molar-refractivity contribution in [1.29, 1.82) is 0 Å². The molecular weight excluding hydrogens is 208 g/mol. The van der Waals surface area contributed by atoms with Gasteiger partial charge in [-0.2, -0.15) is 4.37 Å². The van der Waals surface area contributed by atoms with Crippen molar-refractivity contribution in [3.05, 3.63) is 5.56 Å². The van der Waals surface area contributed by atoms with Crippen molar-refractivity contribution in [3.8, 4) is 0 Å². The summed E-state index contributed by atoms with van der Waals surface area (Å²) in [5, 5.41) is 1.25. The molecule has 2 heterocycles. The molecule has 4 nitrogen and oxygen atoms in total. The molecule has 0 aliphatic carbocycles. The fourth-order valence-electron chi connectivity index (χ4n) is 1.90. The number of hydrogen-bond donors (Lipinski definition) is 1. The summed E-state index contributed by atoms with van der Waals surface area (Å²) >= 11 is 1.52. The van der Waals surface area contributed by atoms with E-state index in [9.17, 15) is 0 Å². The van der Waals surface area contributed by atoms with Crippen molar-refractivity contribution in [2.75, 3.05) is 43.4 Å². The fourth-order valence-corrected chi connectivity index (χ4v) is 2.76. The SMILES string of the molecule is CCN1CCN(c2snc(N)c2C)CC1. The smallest absolute Gasteiger partial charge is 0.142 e. The van der Waals surface area contributed by atoms with Gasteiger partial charge >= 0.3 is 0 Å². The Kier molecular flexibility index (Phi) is 3.11. The van der Waals surface area contributed by atoms with E-state index in [0.29, 0.717) is 5.82 Å². The predicted molar refractivity (Wildman–Crippen MR) is 65.6 cm³/mol. The van der Waals surface area contributed by atoms with Gasteiger partial charge in [-0.3, -0.25) is 0 Å². The topological polar surface area (TPSA) is 45.4 Å². The number of rotatable bonds is 2. The van der Waals surface area contributed by atoms with Gasteiger partial charge in [-0.05, 0) is 25.0 Å². The van der Waals surface area contributed by atoms with Gasteiger partial charge in [0, 0.05) is 31.7 Å². The van der Waals surface area contributed by atoms with E-state index in [-0.39, 0.29) is 0 Å². The van der Waals surface area contributed by atoms with Crippen LogP contribution in [-0.2, 0) is 0 Å². The Labute approximate surface area is 94.8 Å². The highest BCUT2D eigenvalue weighted by molar-refractivity contribution is 7.10. The Hall–Kier alpha value is -0.810. The molecule has 1 aromatic rings. The molecule has 5 heteroatoms. The molecule has 0 amide bonds. The summed E-state index contributed by atoms with van der Waals surface area (Å²) in [6, 6.07) is 0. The molecule has 2 N–H and O–H groups in total. The second-order valence-corrected chi connectivity index (χ2v) is 4.67. The molecule has 1 aromatic heterocycles. The van der Waals surface area contributed by atoms with Gasteiger partial charge in [0.05, 0.1) is 0 Å². The summed E-state index contributed by atoms with van der Waals surface area (Å²) in [6.45, 7) is 9.90. The third-order valence-electron chi connectivity index (χ3n) is 3.04. The van der Waals surface area contributed by atoms with E-state index in [4.69, 9.17) is 5.73 Å². The number of nitrogen functional groups attached to an aromatic ring is 1. The molecule has 0 atom stereocenters. The molecule has 1 fully saturated rings. The minimum atomic E-state index is 0.688. The van der Waals surface area contributed by atoms with Crippen molar-refractivity contribution in [1.82, 2.24) is 9.27 Å². The van der Waals surface area contributed by atoms with Gasteiger partial charge in [0.2, 0.25) is 0 Å². The average Bonchev–Trinajstić information content (AvgIpc) is 2.60. The monoisotopic (exact) mass is 226 g/mol. The summed E-state index contributed by atoms with van der Waals surface area (Å²) in [6.07, 6.45) is 0. The van der Waals surface area contributed by atoms with Crippen LogP contribution in [0.2, 0.25) is 0 Å². The number of nitrogens with two attached hydrogens (primary N) is 1. The normalized spacial score (nSPS) is 18.4. The lowest BCUT2D eigenvalue weighted by Gasteiger charge is -2.34. The van der Waals surface area contributed by atoms with Crippen molar-refractivity contribution in [2.24, 2.45) is 0 Å². The van der Waals surface area contributed by atoms with E-state index in [1.807, 2.05) is 0 Å². The lowest BCUT2D eigenvalue weighted by molar-refractivity contribution is 0.271. The lowest BCUT2D eigenvalue weighted by atomic mass is 10.3. The molecule has 0 unspecified atom stereocenters. The second kappa shape index (κ2) is 4.37. The van der Waals surface area contributed by atoms with E-state index >= 15 is 0 Å². The number of nitrogens with zero attached hydrogens (tertiary/aromatic N) is 3. The molecule has 0 radical (unpaired) electrons. The third kappa shape index (κ3) is 2.08. The van der Waals surface area contributed by atoms with Crippen molar-refractivity contribution >= 4 is 22.4 Å². The quantitative estimate of drug-likeness (QED) is 0.822. The molecule has 1 saturated heterocycles. The zero-order valence-corrected chi connectivity index (χ0v) is 10.2. The molecule has 0 bridgehead atoms. The van der Waals surface area contributed by atoms with Gasteiger partial charge in [-0.15, -0.1) is 0 Å². The lowest BCUT2D eigenvalue weighted by Crippen LogP contribution is -2.46. The number of anilines is 2. The van der Waals surface area contributed by atoms with E-state index < -0.39 is 0 Å². The summed E-state index contributed by atoms with van der Waals surface area (Å²) in [5.74, 6) is 0.688. The van der Waals surface area contributed by atoms with Crippen LogP contribution < -0.4 is 10.6 Å². The zero-order chi connectivity index (χ0) is 10.8. The number of piperazine rings is 1. The Morgan fingerprint density at radius 3 is 2.47 bits per heavy atom. The maximum absolute atomic E-state index is 5.76. The van der Waals surface area contributed by atoms with Gasteiger partial charge in [0.1, 0.15) is 10.8 Å². The zero-order valence-electron chi connectivity index (χ0n) is 9.36. The predicted octanol–water partition coefficient (Wildman–Crippen LogP) is 1.18. The summed E-state index contributed by atoms with van der Waals surface area (Å²) in [4.78, 5) is 4.87. The first-order valence-electron chi connectivity index (χ1n) is 5.41. The van der Waals surface area contributed by atoms with Gasteiger partial charge in [0.15, 0.2) is 0 Å². The Morgan fingerprint density at radius 1 is 1.33 bits per heavy atom. The van der Waals surface area contributed by atoms with Crippen LogP contribution in [0.3, 0.4) is 0 Å². The first-order valence-corrected chi connectivity index (χ1v) is 6.18. The van der Waals surface area contributed by atoms with Crippen LogP contribution in [0.15, 0.2) is 0 Å². The maximum atomic E-state index is 5.76. The minimum absolute atomic E-state index is 0.688. The first kappa shape index (κ1) is 10.7. The Balaban J connectivity index is 2.04. The summed E-state index contributed by atoms with van der Waals surface area (Å²) < 4.78 is 4.19. The molecular formula is C10H18N4S. The van der Waals surface area contributed by atoms with Crippen LogP contribution in [0.4, 0.5) is 10.8 Å². The molecule has 84 valence electrons. The molecule has 15 heavy (non-hydrogen) atoms. The standard InChI is InChI=1S/C10H18N4S/c1-3-13-4-6-14(7-5-13)10-8(2)9(11)12-15-10/h3-7H2,1-2H3,(H2,11,12). The molecule has 0 spiro atoms. The molecule has 1 aliphatic rings. The van der Waals surface area contributed by atoms with Gasteiger partial charge in [-0.1, -0.05) is 6.92 Å². The van der Waals surface area contributed by atoms with Crippen molar-refractivity contribution in [3.63, 3.8) is 0 Å². The first-order chi connectivity index (χ1) is 7.22. The number of likely N-dealkylation sites (N-methyl/N-ethyl adjacent to an activating group) is 1. The highest BCUT2D eigenvalue weighted by Crippen LogP contribution is 2.29. The Morgan fingerprint density at radius 2 is 2.00 bits per heavy atom.